The largest absolute Gasteiger partial charge is 0.443 e. The molecule has 0 N–H and O–H groups in total. The van der Waals surface area contributed by atoms with Crippen molar-refractivity contribution < 1.29 is 4.42 Å². The monoisotopic (exact) mass is 270 g/mol. The molecule has 3 heteroatoms. The van der Waals surface area contributed by atoms with E-state index in [9.17, 15) is 0 Å². The van der Waals surface area contributed by atoms with Gasteiger partial charge in [0.15, 0.2) is 12.2 Å². The fraction of sp³-hybridized carbons (Fsp3) is 0.471. The van der Waals surface area contributed by atoms with Gasteiger partial charge in [-0.2, -0.15) is 0 Å². The zero-order valence-corrected chi connectivity index (χ0v) is 12.5. The van der Waals surface area contributed by atoms with Gasteiger partial charge >= 0.3 is 0 Å². The second-order valence-electron chi connectivity index (χ2n) is 6.04. The molecule has 20 heavy (non-hydrogen) atoms. The molecule has 0 bridgehead atoms. The lowest BCUT2D eigenvalue weighted by atomic mass is 10.0. The Morgan fingerprint density at radius 3 is 2.55 bits per heavy atom. The van der Waals surface area contributed by atoms with Gasteiger partial charge in [-0.05, 0) is 51.8 Å². The molecule has 106 valence electrons. The van der Waals surface area contributed by atoms with Crippen LogP contribution in [0.4, 0.5) is 0 Å². The van der Waals surface area contributed by atoms with Crippen LogP contribution in [0.2, 0.25) is 0 Å². The second kappa shape index (κ2) is 5.41. The first-order valence-electron chi connectivity index (χ1n) is 7.34. The number of oxazole rings is 1. The maximum absolute atomic E-state index is 5.61. The van der Waals surface area contributed by atoms with Crippen LogP contribution in [0.15, 0.2) is 35.1 Å². The summed E-state index contributed by atoms with van der Waals surface area (Å²) in [6.45, 7) is 2.21. The maximum Gasteiger partial charge on any atom is 0.181 e. The van der Waals surface area contributed by atoms with Crippen LogP contribution in [0.5, 0.6) is 0 Å². The van der Waals surface area contributed by atoms with Crippen molar-refractivity contribution in [2.24, 2.45) is 5.92 Å². The molecule has 2 aromatic rings. The van der Waals surface area contributed by atoms with Crippen molar-refractivity contribution in [3.05, 3.63) is 41.9 Å². The van der Waals surface area contributed by atoms with Gasteiger partial charge in [0.05, 0.1) is 5.69 Å². The molecule has 0 saturated heterocycles. The topological polar surface area (TPSA) is 29.3 Å². The number of nitrogens with zero attached hydrogens (tertiary/aromatic N) is 2. The molecule has 0 spiro atoms. The first kappa shape index (κ1) is 13.4. The highest BCUT2D eigenvalue weighted by Gasteiger charge is 2.25. The van der Waals surface area contributed by atoms with E-state index in [1.54, 1.807) is 6.39 Å². The highest BCUT2D eigenvalue weighted by atomic mass is 16.3. The summed E-state index contributed by atoms with van der Waals surface area (Å²) in [5.41, 5.74) is 3.57. The third-order valence-corrected chi connectivity index (χ3v) is 4.25. The molecule has 0 aliphatic heterocycles. The predicted molar refractivity (Wildman–Crippen MR) is 80.5 cm³/mol. The molecule has 0 amide bonds. The van der Waals surface area contributed by atoms with Gasteiger partial charge in [-0.15, -0.1) is 0 Å². The van der Waals surface area contributed by atoms with E-state index in [2.05, 4.69) is 55.2 Å². The summed E-state index contributed by atoms with van der Waals surface area (Å²) in [4.78, 5) is 6.59. The zero-order valence-electron chi connectivity index (χ0n) is 12.5. The smallest absolute Gasteiger partial charge is 0.181 e. The van der Waals surface area contributed by atoms with E-state index in [-0.39, 0.29) is 0 Å². The van der Waals surface area contributed by atoms with Crippen LogP contribution in [0.1, 0.15) is 37.1 Å². The van der Waals surface area contributed by atoms with Crippen LogP contribution in [0.25, 0.3) is 11.3 Å². The Balaban J connectivity index is 1.82. The van der Waals surface area contributed by atoms with Gasteiger partial charge in [-0.1, -0.05) is 24.3 Å². The highest BCUT2D eigenvalue weighted by molar-refractivity contribution is 5.60. The van der Waals surface area contributed by atoms with Crippen molar-refractivity contribution in [3.8, 4) is 11.3 Å². The third kappa shape index (κ3) is 2.78. The van der Waals surface area contributed by atoms with Crippen molar-refractivity contribution in [1.82, 2.24) is 9.88 Å². The molecule has 3 rings (SSSR count). The Morgan fingerprint density at radius 2 is 1.95 bits per heavy atom. The second-order valence-corrected chi connectivity index (χ2v) is 6.04. The Labute approximate surface area is 120 Å². The molecular weight excluding hydrogens is 248 g/mol. The lowest BCUT2D eigenvalue weighted by molar-refractivity contribution is 0.321. The number of hydrogen-bond acceptors (Lipinski definition) is 3. The van der Waals surface area contributed by atoms with E-state index in [0.29, 0.717) is 6.04 Å². The summed E-state index contributed by atoms with van der Waals surface area (Å²) in [6.07, 6.45) is 5.31. The molecule has 1 atom stereocenters. The molecule has 1 aromatic heterocycles. The highest BCUT2D eigenvalue weighted by Crippen LogP contribution is 2.35. The quantitative estimate of drug-likeness (QED) is 0.824. The Morgan fingerprint density at radius 1 is 1.25 bits per heavy atom. The molecule has 1 saturated carbocycles. The van der Waals surface area contributed by atoms with E-state index in [1.165, 1.54) is 18.4 Å². The Kier molecular flexibility index (Phi) is 3.62. The van der Waals surface area contributed by atoms with Gasteiger partial charge in [0, 0.05) is 11.6 Å². The average Bonchev–Trinajstić information content (AvgIpc) is 3.14. The lowest BCUT2D eigenvalue weighted by Crippen LogP contribution is -2.16. The van der Waals surface area contributed by atoms with Crippen LogP contribution >= 0.6 is 0 Å². The summed E-state index contributed by atoms with van der Waals surface area (Å²) < 4.78 is 5.61. The normalized spacial score (nSPS) is 16.6. The van der Waals surface area contributed by atoms with Gasteiger partial charge in [-0.3, -0.25) is 0 Å². The number of aromatic nitrogens is 1. The van der Waals surface area contributed by atoms with Crippen LogP contribution in [-0.4, -0.2) is 24.0 Å². The van der Waals surface area contributed by atoms with Crippen LogP contribution < -0.4 is 0 Å². The van der Waals surface area contributed by atoms with Gasteiger partial charge in [0.2, 0.25) is 0 Å². The first-order valence-corrected chi connectivity index (χ1v) is 7.34. The summed E-state index contributed by atoms with van der Waals surface area (Å²) in [5, 5.41) is 0. The molecule has 1 unspecified atom stereocenters. The van der Waals surface area contributed by atoms with E-state index in [0.717, 1.165) is 29.4 Å². The summed E-state index contributed by atoms with van der Waals surface area (Å²) >= 11 is 0. The minimum absolute atomic E-state index is 0.421. The van der Waals surface area contributed by atoms with Crippen molar-refractivity contribution in [2.45, 2.75) is 32.2 Å². The standard InChI is InChI=1S/C17H22N2O/c1-12(19(2)3)14-6-8-15(9-7-14)17-16(18-11-20-17)10-13-4-5-13/h6-9,11-13H,4-5,10H2,1-3H3. The van der Waals surface area contributed by atoms with Gasteiger partial charge in [-0.25, -0.2) is 4.98 Å². The fourth-order valence-electron chi connectivity index (χ4n) is 2.46. The molecule has 3 nitrogen and oxygen atoms in total. The van der Waals surface area contributed by atoms with Gasteiger partial charge in [0.1, 0.15) is 0 Å². The zero-order chi connectivity index (χ0) is 14.1. The third-order valence-electron chi connectivity index (χ3n) is 4.25. The number of hydrogen-bond donors (Lipinski definition) is 0. The molecule has 1 fully saturated rings. The van der Waals surface area contributed by atoms with E-state index in [4.69, 9.17) is 4.42 Å². The lowest BCUT2D eigenvalue weighted by Gasteiger charge is -2.20. The van der Waals surface area contributed by atoms with Crippen molar-refractivity contribution in [3.63, 3.8) is 0 Å². The van der Waals surface area contributed by atoms with Crippen molar-refractivity contribution >= 4 is 0 Å². The fourth-order valence-corrected chi connectivity index (χ4v) is 2.46. The first-order chi connectivity index (χ1) is 9.65. The molecule has 1 aromatic carbocycles. The Hall–Kier alpha value is -1.61. The van der Waals surface area contributed by atoms with Crippen molar-refractivity contribution in [2.75, 3.05) is 14.1 Å². The average molecular weight is 270 g/mol. The number of rotatable bonds is 5. The summed E-state index contributed by atoms with van der Waals surface area (Å²) in [7, 11) is 4.20. The van der Waals surface area contributed by atoms with E-state index < -0.39 is 0 Å². The maximum atomic E-state index is 5.61. The molecule has 0 radical (unpaired) electrons. The SMILES string of the molecule is CC(c1ccc(-c2ocnc2CC2CC2)cc1)N(C)C. The van der Waals surface area contributed by atoms with Gasteiger partial charge < -0.3 is 9.32 Å². The molecular formula is C17H22N2O. The van der Waals surface area contributed by atoms with Crippen molar-refractivity contribution in [1.29, 1.82) is 0 Å². The molecule has 1 aliphatic carbocycles. The van der Waals surface area contributed by atoms with Crippen LogP contribution in [0.3, 0.4) is 0 Å². The van der Waals surface area contributed by atoms with Crippen LogP contribution in [-0.2, 0) is 6.42 Å². The predicted octanol–water partition coefficient (Wildman–Crippen LogP) is 3.92. The van der Waals surface area contributed by atoms with E-state index >= 15 is 0 Å². The molecule has 1 aliphatic rings. The summed E-state index contributed by atoms with van der Waals surface area (Å²) in [5.74, 6) is 1.77. The minimum Gasteiger partial charge on any atom is -0.443 e. The van der Waals surface area contributed by atoms with E-state index in [1.807, 2.05) is 0 Å². The minimum atomic E-state index is 0.421. The van der Waals surface area contributed by atoms with Gasteiger partial charge in [0.25, 0.3) is 0 Å². The summed E-state index contributed by atoms with van der Waals surface area (Å²) in [6, 6.07) is 9.08. The number of benzene rings is 1. The Bertz CT molecular complexity index is 567. The van der Waals surface area contributed by atoms with Crippen LogP contribution in [0, 0.1) is 5.92 Å². The molecule has 1 heterocycles.